The van der Waals surface area contributed by atoms with E-state index in [0.717, 1.165) is 63.5 Å². The van der Waals surface area contributed by atoms with Crippen LogP contribution in [0.15, 0.2) is 121 Å². The molecule has 2 fully saturated rings. The molecule has 0 aliphatic carbocycles. The van der Waals surface area contributed by atoms with Crippen LogP contribution in [0.3, 0.4) is 0 Å². The zero-order valence-corrected chi connectivity index (χ0v) is 30.8. The van der Waals surface area contributed by atoms with E-state index in [-0.39, 0.29) is 36.4 Å². The van der Waals surface area contributed by atoms with Crippen LogP contribution in [0.2, 0.25) is 0 Å². The fourth-order valence-electron chi connectivity index (χ4n) is 6.41. The maximum absolute atomic E-state index is 12.2. The largest absolute Gasteiger partial charge is 0.463 e. The summed E-state index contributed by atoms with van der Waals surface area (Å²) < 4.78 is 11.3. The second kappa shape index (κ2) is 21.3. The van der Waals surface area contributed by atoms with Gasteiger partial charge in [0.05, 0.1) is 24.9 Å². The number of ether oxygens (including phenoxy) is 2. The van der Waals surface area contributed by atoms with Gasteiger partial charge in [0.2, 0.25) is 0 Å². The normalized spacial score (nSPS) is 16.8. The first-order valence-electron chi connectivity index (χ1n) is 17.8. The SMILES string of the molecule is CN1CCN(C(COC(=O)Cc2ccccc2)c2ccccc2)CC1.CN1CCN(C(COC(=O)Cc2ccccc2)c2ccccc2)CC1.Cl. The van der Waals surface area contributed by atoms with Gasteiger partial charge in [-0.25, -0.2) is 0 Å². The molecule has 0 amide bonds. The van der Waals surface area contributed by atoms with Crippen molar-refractivity contribution in [2.45, 2.75) is 24.9 Å². The Balaban J connectivity index is 0.000000224. The minimum atomic E-state index is -0.166. The lowest BCUT2D eigenvalue weighted by Crippen LogP contribution is -2.47. The number of carbonyl (C=O) groups is 2. The Kier molecular flexibility index (Phi) is 16.6. The van der Waals surface area contributed by atoms with Gasteiger partial charge < -0.3 is 19.3 Å². The number of halogens is 1. The molecular formula is C42H53ClN4O4. The molecule has 9 heteroatoms. The smallest absolute Gasteiger partial charge is 0.310 e. The second-order valence-corrected chi connectivity index (χ2v) is 13.2. The zero-order valence-electron chi connectivity index (χ0n) is 30.0. The average Bonchev–Trinajstić information content (AvgIpc) is 3.15. The van der Waals surface area contributed by atoms with Crippen LogP contribution in [0.5, 0.6) is 0 Å². The number of hydrogen-bond acceptors (Lipinski definition) is 8. The van der Waals surface area contributed by atoms with Crippen LogP contribution in [-0.2, 0) is 31.9 Å². The maximum Gasteiger partial charge on any atom is 0.310 e. The van der Waals surface area contributed by atoms with Crippen molar-refractivity contribution in [1.82, 2.24) is 19.6 Å². The van der Waals surface area contributed by atoms with Crippen molar-refractivity contribution in [3.8, 4) is 0 Å². The minimum absolute atomic E-state index is 0. The third kappa shape index (κ3) is 13.2. The molecule has 0 aromatic heterocycles. The Labute approximate surface area is 310 Å². The molecule has 0 bridgehead atoms. The van der Waals surface area contributed by atoms with E-state index in [2.05, 4.69) is 58.0 Å². The van der Waals surface area contributed by atoms with Crippen LogP contribution in [0.25, 0.3) is 0 Å². The van der Waals surface area contributed by atoms with E-state index in [1.807, 2.05) is 97.1 Å². The van der Waals surface area contributed by atoms with E-state index in [1.165, 1.54) is 11.1 Å². The van der Waals surface area contributed by atoms with Crippen molar-refractivity contribution in [2.24, 2.45) is 0 Å². The lowest BCUT2D eigenvalue weighted by atomic mass is 10.1. The second-order valence-electron chi connectivity index (χ2n) is 13.2. The standard InChI is InChI=1S/2C21H26N2O2.ClH/c2*1-22-12-14-23(15-13-22)20(19-10-6-3-7-11-19)17-25-21(24)16-18-8-4-2-5-9-18;/h2*2-11,20H,12-17H2,1H3;1H. The highest BCUT2D eigenvalue weighted by atomic mass is 35.5. The molecule has 0 N–H and O–H groups in total. The van der Waals surface area contributed by atoms with Crippen molar-refractivity contribution in [2.75, 3.05) is 79.7 Å². The molecule has 2 aliphatic rings. The van der Waals surface area contributed by atoms with Gasteiger partial charge in [-0.15, -0.1) is 12.4 Å². The number of benzene rings is 4. The van der Waals surface area contributed by atoms with E-state index in [4.69, 9.17) is 9.47 Å². The van der Waals surface area contributed by atoms with E-state index in [1.54, 1.807) is 0 Å². The van der Waals surface area contributed by atoms with E-state index in [0.29, 0.717) is 26.1 Å². The lowest BCUT2D eigenvalue weighted by molar-refractivity contribution is -0.146. The molecule has 0 saturated carbocycles. The minimum Gasteiger partial charge on any atom is -0.463 e. The van der Waals surface area contributed by atoms with Gasteiger partial charge >= 0.3 is 11.9 Å². The Morgan fingerprint density at radius 3 is 1.10 bits per heavy atom. The number of nitrogens with zero attached hydrogens (tertiary/aromatic N) is 4. The Morgan fingerprint density at radius 2 is 0.784 bits per heavy atom. The van der Waals surface area contributed by atoms with Gasteiger partial charge in [0.25, 0.3) is 0 Å². The number of hydrogen-bond donors (Lipinski definition) is 0. The molecule has 2 aliphatic heterocycles. The van der Waals surface area contributed by atoms with Gasteiger partial charge in [-0.2, -0.15) is 0 Å². The molecule has 8 nitrogen and oxygen atoms in total. The van der Waals surface area contributed by atoms with Crippen molar-refractivity contribution < 1.29 is 19.1 Å². The maximum atomic E-state index is 12.2. The molecule has 0 spiro atoms. The molecule has 4 aromatic carbocycles. The third-order valence-electron chi connectivity index (χ3n) is 9.51. The van der Waals surface area contributed by atoms with Crippen molar-refractivity contribution in [1.29, 1.82) is 0 Å². The highest BCUT2D eigenvalue weighted by Crippen LogP contribution is 2.24. The molecule has 2 saturated heterocycles. The first-order chi connectivity index (χ1) is 24.4. The molecule has 0 radical (unpaired) electrons. The molecule has 51 heavy (non-hydrogen) atoms. The highest BCUT2D eigenvalue weighted by molar-refractivity contribution is 5.85. The summed E-state index contributed by atoms with van der Waals surface area (Å²) in [6.07, 6.45) is 0.649. The summed E-state index contributed by atoms with van der Waals surface area (Å²) in [6.45, 7) is 8.95. The average molecular weight is 713 g/mol. The summed E-state index contributed by atoms with van der Waals surface area (Å²) >= 11 is 0. The highest BCUT2D eigenvalue weighted by Gasteiger charge is 2.26. The van der Waals surface area contributed by atoms with Crippen LogP contribution < -0.4 is 0 Å². The topological polar surface area (TPSA) is 65.6 Å². The Hall–Kier alpha value is -4.05. The molecule has 2 heterocycles. The number of likely N-dealkylation sites (N-methyl/N-ethyl adjacent to an activating group) is 2. The van der Waals surface area contributed by atoms with E-state index < -0.39 is 0 Å². The van der Waals surface area contributed by atoms with E-state index in [9.17, 15) is 9.59 Å². The quantitative estimate of drug-likeness (QED) is 0.167. The first kappa shape index (κ1) is 39.7. The molecule has 2 unspecified atom stereocenters. The molecule has 272 valence electrons. The fraction of sp³-hybridized carbons (Fsp3) is 0.381. The summed E-state index contributed by atoms with van der Waals surface area (Å²) in [5, 5.41) is 0. The summed E-state index contributed by atoms with van der Waals surface area (Å²) in [5.41, 5.74) is 4.39. The van der Waals surface area contributed by atoms with Crippen LogP contribution in [0.4, 0.5) is 0 Å². The number of rotatable bonds is 12. The van der Waals surface area contributed by atoms with Gasteiger partial charge in [-0.05, 0) is 36.3 Å². The van der Waals surface area contributed by atoms with Crippen LogP contribution in [0, 0.1) is 0 Å². The molecule has 2 atom stereocenters. The Morgan fingerprint density at radius 1 is 0.490 bits per heavy atom. The number of piperazine rings is 2. The Bertz CT molecular complexity index is 1430. The van der Waals surface area contributed by atoms with Gasteiger partial charge in [0.1, 0.15) is 13.2 Å². The van der Waals surface area contributed by atoms with E-state index >= 15 is 0 Å². The van der Waals surface area contributed by atoms with Crippen LogP contribution in [-0.4, -0.2) is 111 Å². The summed E-state index contributed by atoms with van der Waals surface area (Å²) in [6, 6.07) is 40.4. The predicted molar refractivity (Wildman–Crippen MR) is 206 cm³/mol. The summed E-state index contributed by atoms with van der Waals surface area (Å²) in [7, 11) is 4.30. The third-order valence-corrected chi connectivity index (χ3v) is 9.51. The van der Waals surface area contributed by atoms with Gasteiger partial charge in [-0.3, -0.25) is 19.4 Å². The van der Waals surface area contributed by atoms with Crippen molar-refractivity contribution >= 4 is 24.3 Å². The number of carbonyl (C=O) groups excluding carboxylic acids is 2. The zero-order chi connectivity index (χ0) is 35.0. The lowest BCUT2D eigenvalue weighted by Gasteiger charge is -2.37. The predicted octanol–water partition coefficient (Wildman–Crippen LogP) is 5.94. The number of esters is 2. The fourth-order valence-corrected chi connectivity index (χ4v) is 6.41. The van der Waals surface area contributed by atoms with Crippen LogP contribution in [0.1, 0.15) is 34.3 Å². The molecule has 6 rings (SSSR count). The van der Waals surface area contributed by atoms with Crippen LogP contribution >= 0.6 is 12.4 Å². The molecular weight excluding hydrogens is 660 g/mol. The van der Waals surface area contributed by atoms with Gasteiger partial charge in [0, 0.05) is 52.4 Å². The van der Waals surface area contributed by atoms with Crippen molar-refractivity contribution in [3.05, 3.63) is 144 Å². The monoisotopic (exact) mass is 712 g/mol. The molecule has 4 aromatic rings. The first-order valence-corrected chi connectivity index (χ1v) is 17.8. The van der Waals surface area contributed by atoms with Gasteiger partial charge in [-0.1, -0.05) is 121 Å². The van der Waals surface area contributed by atoms with Crippen molar-refractivity contribution in [3.63, 3.8) is 0 Å². The van der Waals surface area contributed by atoms with Gasteiger partial charge in [0.15, 0.2) is 0 Å². The summed E-state index contributed by atoms with van der Waals surface area (Å²) in [4.78, 5) is 34.0. The summed E-state index contributed by atoms with van der Waals surface area (Å²) in [5.74, 6) is -0.331.